The molecule has 61 heavy (non-hydrogen) atoms. The van der Waals surface area contributed by atoms with E-state index in [4.69, 9.17) is 43.8 Å². The number of nitrogens with two attached hydrogens (primary N) is 2. The Kier molecular flexibility index (Phi) is 32.4. The van der Waals surface area contributed by atoms with Crippen molar-refractivity contribution in [2.75, 3.05) is 32.9 Å². The summed E-state index contributed by atoms with van der Waals surface area (Å²) in [5.41, 5.74) is 10.9. The Morgan fingerprint density at radius 1 is 0.541 bits per heavy atom. The van der Waals surface area contributed by atoms with Gasteiger partial charge in [0.1, 0.15) is 18.3 Å². The highest BCUT2D eigenvalue weighted by molar-refractivity contribution is 7.47. The SMILES string of the molecule is CCCCC/C=C\C/C=C\CCCCCCCCC1(CCCCCCCC/C=C\C/C=C\CCCCC)O[C@@H]2[C@@H](OP(=O)(O)OCCN)OC(COP(=O)(O)OCCN)[C@H]2O1. The summed E-state index contributed by atoms with van der Waals surface area (Å²) < 4.78 is 65.2. The molecule has 15 heteroatoms. The molecule has 0 amide bonds. The van der Waals surface area contributed by atoms with E-state index in [9.17, 15) is 18.9 Å². The third-order valence-corrected chi connectivity index (χ3v) is 12.8. The second kappa shape index (κ2) is 35.3. The van der Waals surface area contributed by atoms with E-state index in [1.807, 2.05) is 0 Å². The number of rotatable bonds is 41. The molecule has 0 aromatic heterocycles. The Bertz CT molecular complexity index is 1250. The van der Waals surface area contributed by atoms with Gasteiger partial charge in [0, 0.05) is 25.9 Å². The lowest BCUT2D eigenvalue weighted by Gasteiger charge is -2.31. The van der Waals surface area contributed by atoms with E-state index in [1.54, 1.807) is 0 Å². The van der Waals surface area contributed by atoms with Gasteiger partial charge in [0.05, 0.1) is 19.8 Å². The number of hydrogen-bond acceptors (Lipinski definition) is 11. The van der Waals surface area contributed by atoms with Gasteiger partial charge in [0.15, 0.2) is 12.1 Å². The summed E-state index contributed by atoms with van der Waals surface area (Å²) in [6.45, 7) is 3.73. The standard InChI is InChI=1S/C46H86N2O11P2/c1-3-5-7-9-11-13-15-17-19-21-23-25-27-29-31-33-35-46(36-34-32-30-28-26-24-22-20-18-16-14-12-10-8-6-4-2)57-43-42(41-55-60(49,50)53-39-37-47)56-45(44(43)58-46)59-61(51,52)54-40-38-48/h11-14,17-20,42-45H,3-10,15-16,21-41,47-48H2,1-2H3,(H,49,50)(H,51,52)/b13-11-,14-12-,19-17-,20-18-/t42?,43-,44+,45-/m1/s1. The van der Waals surface area contributed by atoms with Crippen LogP contribution in [-0.4, -0.2) is 73.1 Å². The van der Waals surface area contributed by atoms with Crippen LogP contribution in [0.4, 0.5) is 0 Å². The molecule has 2 heterocycles. The maximum atomic E-state index is 12.8. The highest BCUT2D eigenvalue weighted by Gasteiger charge is 2.60. The summed E-state index contributed by atoms with van der Waals surface area (Å²) in [5, 5.41) is 0. The molecule has 0 spiro atoms. The number of phosphoric acid groups is 2. The van der Waals surface area contributed by atoms with E-state index in [1.165, 1.54) is 77.0 Å². The first kappa shape index (κ1) is 56.1. The minimum Gasteiger partial charge on any atom is -0.341 e. The van der Waals surface area contributed by atoms with Crippen molar-refractivity contribution in [3.8, 4) is 0 Å². The zero-order valence-corrected chi connectivity index (χ0v) is 39.8. The van der Waals surface area contributed by atoms with Gasteiger partial charge in [0.25, 0.3) is 0 Å². The molecule has 2 fully saturated rings. The van der Waals surface area contributed by atoms with E-state index in [0.717, 1.165) is 77.0 Å². The first-order chi connectivity index (χ1) is 29.6. The summed E-state index contributed by atoms with van der Waals surface area (Å²) in [6, 6.07) is 0. The van der Waals surface area contributed by atoms with Gasteiger partial charge in [-0.2, -0.15) is 0 Å². The molecule has 2 rings (SSSR count). The van der Waals surface area contributed by atoms with Crippen LogP contribution in [0.25, 0.3) is 0 Å². The normalized spacial score (nSPS) is 22.3. The van der Waals surface area contributed by atoms with Crippen LogP contribution in [0.3, 0.4) is 0 Å². The summed E-state index contributed by atoms with van der Waals surface area (Å²) in [6.07, 6.45) is 42.7. The maximum Gasteiger partial charge on any atom is 0.474 e. The molecule has 0 aromatic rings. The van der Waals surface area contributed by atoms with Crippen molar-refractivity contribution in [1.82, 2.24) is 0 Å². The molecule has 6 atom stereocenters. The van der Waals surface area contributed by atoms with Crippen LogP contribution in [0.5, 0.6) is 0 Å². The predicted octanol–water partition coefficient (Wildman–Crippen LogP) is 11.8. The summed E-state index contributed by atoms with van der Waals surface area (Å²) in [5.74, 6) is -0.986. The predicted molar refractivity (Wildman–Crippen MR) is 246 cm³/mol. The lowest BCUT2D eigenvalue weighted by atomic mass is 9.98. The molecule has 2 aliphatic heterocycles. The molecule has 6 N–H and O–H groups in total. The second-order valence-corrected chi connectivity index (χ2v) is 19.2. The summed E-state index contributed by atoms with van der Waals surface area (Å²) in [7, 11) is -9.04. The van der Waals surface area contributed by atoms with Crippen molar-refractivity contribution in [2.45, 2.75) is 211 Å². The maximum absolute atomic E-state index is 12.8. The van der Waals surface area contributed by atoms with Crippen LogP contribution < -0.4 is 11.5 Å². The van der Waals surface area contributed by atoms with E-state index >= 15 is 0 Å². The molecule has 356 valence electrons. The highest BCUT2D eigenvalue weighted by Crippen LogP contribution is 2.52. The second-order valence-electron chi connectivity index (χ2n) is 16.4. The zero-order chi connectivity index (χ0) is 44.3. The van der Waals surface area contributed by atoms with Crippen molar-refractivity contribution in [2.24, 2.45) is 11.5 Å². The largest absolute Gasteiger partial charge is 0.474 e. The number of hydrogen-bond donors (Lipinski definition) is 4. The van der Waals surface area contributed by atoms with E-state index < -0.39 is 52.6 Å². The van der Waals surface area contributed by atoms with E-state index in [-0.39, 0.29) is 26.3 Å². The highest BCUT2D eigenvalue weighted by atomic mass is 31.2. The van der Waals surface area contributed by atoms with Crippen molar-refractivity contribution < 1.29 is 51.2 Å². The zero-order valence-electron chi connectivity index (χ0n) is 38.0. The molecule has 3 unspecified atom stereocenters. The van der Waals surface area contributed by atoms with Gasteiger partial charge in [-0.1, -0.05) is 140 Å². The molecule has 0 aliphatic carbocycles. The lowest BCUT2D eigenvalue weighted by Crippen LogP contribution is -2.36. The number of fused-ring (bicyclic) bond motifs is 1. The van der Waals surface area contributed by atoms with Gasteiger partial charge in [-0.3, -0.25) is 18.1 Å². The Labute approximate surface area is 370 Å². The first-order valence-electron chi connectivity index (χ1n) is 23.9. The fourth-order valence-electron chi connectivity index (χ4n) is 7.53. The molecule has 2 saturated heterocycles. The molecule has 0 aromatic carbocycles. The average molecular weight is 905 g/mol. The number of ether oxygens (including phenoxy) is 3. The fourth-order valence-corrected chi connectivity index (χ4v) is 9.11. The molecule has 0 saturated carbocycles. The molecule has 0 radical (unpaired) electrons. The summed E-state index contributed by atoms with van der Waals surface area (Å²) >= 11 is 0. The van der Waals surface area contributed by atoms with Crippen molar-refractivity contribution >= 4 is 15.6 Å². The van der Waals surface area contributed by atoms with Gasteiger partial charge in [0.2, 0.25) is 0 Å². The van der Waals surface area contributed by atoms with Gasteiger partial charge in [-0.15, -0.1) is 0 Å². The minimum atomic E-state index is -4.59. The van der Waals surface area contributed by atoms with Gasteiger partial charge in [-0.05, 0) is 77.0 Å². The molecular formula is C46H86N2O11P2. The number of unbranched alkanes of at least 4 members (excludes halogenated alkanes) is 18. The number of allylic oxidation sites excluding steroid dienone is 8. The van der Waals surface area contributed by atoms with Crippen molar-refractivity contribution in [3.63, 3.8) is 0 Å². The number of phosphoric ester groups is 2. The molecule has 2 aliphatic rings. The molecule has 0 bridgehead atoms. The van der Waals surface area contributed by atoms with Crippen molar-refractivity contribution in [3.05, 3.63) is 48.6 Å². The van der Waals surface area contributed by atoms with E-state index in [2.05, 4.69) is 62.5 Å². The monoisotopic (exact) mass is 905 g/mol. The van der Waals surface area contributed by atoms with Gasteiger partial charge >= 0.3 is 15.6 Å². The lowest BCUT2D eigenvalue weighted by molar-refractivity contribution is -0.241. The molecule has 13 nitrogen and oxygen atoms in total. The fraction of sp³-hybridized carbons (Fsp3) is 0.826. The topological polar surface area (TPSA) is 191 Å². The van der Waals surface area contributed by atoms with Crippen LogP contribution in [-0.2, 0) is 41.4 Å². The van der Waals surface area contributed by atoms with Crippen LogP contribution in [0, 0.1) is 0 Å². The Morgan fingerprint density at radius 3 is 1.41 bits per heavy atom. The van der Waals surface area contributed by atoms with Gasteiger partial charge < -0.3 is 35.5 Å². The minimum absolute atomic E-state index is 0.0155. The Hall–Kier alpha value is -1.02. The smallest absolute Gasteiger partial charge is 0.341 e. The molecular weight excluding hydrogens is 818 g/mol. The van der Waals surface area contributed by atoms with Gasteiger partial charge in [-0.25, -0.2) is 9.13 Å². The van der Waals surface area contributed by atoms with Crippen molar-refractivity contribution in [1.29, 1.82) is 0 Å². The average Bonchev–Trinajstić information content (AvgIpc) is 3.76. The third-order valence-electron chi connectivity index (χ3n) is 10.9. The Balaban J connectivity index is 1.94. The van der Waals surface area contributed by atoms with Crippen LogP contribution in [0.15, 0.2) is 48.6 Å². The van der Waals surface area contributed by atoms with Crippen LogP contribution >= 0.6 is 15.6 Å². The van der Waals surface area contributed by atoms with E-state index in [0.29, 0.717) is 12.8 Å². The summed E-state index contributed by atoms with van der Waals surface area (Å²) in [4.78, 5) is 20.6. The van der Waals surface area contributed by atoms with Crippen LogP contribution in [0.1, 0.15) is 181 Å². The third kappa shape index (κ3) is 27.2. The van der Waals surface area contributed by atoms with Crippen LogP contribution in [0.2, 0.25) is 0 Å². The quantitative estimate of drug-likeness (QED) is 0.0258. The first-order valence-corrected chi connectivity index (χ1v) is 26.9. The Morgan fingerprint density at radius 2 is 0.951 bits per heavy atom.